The first-order chi connectivity index (χ1) is 13.2. The maximum absolute atomic E-state index is 13.8. The van der Waals surface area contributed by atoms with E-state index in [4.69, 9.17) is 16.0 Å². The standard InChI is InChI=1S/C20H20ClFN4O.HI/c1-23-20(24-11-10-16-17(21)8-5-9-18(16)22)25-12-15-13-27-19(26-15)14-6-3-2-4-7-14;/h2-9,13H,10-12H2,1H3,(H2,23,24,25);1H. The molecule has 148 valence electrons. The zero-order valence-electron chi connectivity index (χ0n) is 15.3. The molecule has 0 aliphatic heterocycles. The van der Waals surface area contributed by atoms with Gasteiger partial charge in [0, 0.05) is 29.7 Å². The molecular formula is C20H21ClFIN4O. The van der Waals surface area contributed by atoms with E-state index in [-0.39, 0.29) is 29.8 Å². The number of hydrogen-bond donors (Lipinski definition) is 2. The second kappa shape index (κ2) is 11.0. The zero-order valence-corrected chi connectivity index (χ0v) is 18.4. The predicted octanol–water partition coefficient (Wildman–Crippen LogP) is 4.66. The van der Waals surface area contributed by atoms with Crippen molar-refractivity contribution in [1.82, 2.24) is 15.6 Å². The minimum absolute atomic E-state index is 0. The average molecular weight is 515 g/mol. The Labute approximate surface area is 185 Å². The summed E-state index contributed by atoms with van der Waals surface area (Å²) >= 11 is 6.04. The molecule has 0 atom stereocenters. The molecular weight excluding hydrogens is 494 g/mol. The molecule has 1 heterocycles. The Morgan fingerprint density at radius 2 is 1.93 bits per heavy atom. The van der Waals surface area contributed by atoms with Crippen LogP contribution in [0.4, 0.5) is 4.39 Å². The lowest BCUT2D eigenvalue weighted by Gasteiger charge is -2.11. The van der Waals surface area contributed by atoms with E-state index >= 15 is 0 Å². The molecule has 28 heavy (non-hydrogen) atoms. The summed E-state index contributed by atoms with van der Waals surface area (Å²) < 4.78 is 19.3. The largest absolute Gasteiger partial charge is 0.444 e. The molecule has 5 nitrogen and oxygen atoms in total. The molecule has 0 saturated carbocycles. The third-order valence-electron chi connectivity index (χ3n) is 3.96. The Morgan fingerprint density at radius 3 is 2.64 bits per heavy atom. The van der Waals surface area contributed by atoms with Crippen LogP contribution in [0.25, 0.3) is 11.5 Å². The normalized spacial score (nSPS) is 11.0. The molecule has 0 radical (unpaired) electrons. The van der Waals surface area contributed by atoms with Gasteiger partial charge in [-0.3, -0.25) is 4.99 Å². The summed E-state index contributed by atoms with van der Waals surface area (Å²) in [5.41, 5.74) is 2.17. The lowest BCUT2D eigenvalue weighted by molar-refractivity contribution is 0.572. The van der Waals surface area contributed by atoms with Crippen molar-refractivity contribution in [2.45, 2.75) is 13.0 Å². The first-order valence-corrected chi connectivity index (χ1v) is 8.92. The van der Waals surface area contributed by atoms with Gasteiger partial charge in [-0.25, -0.2) is 9.37 Å². The van der Waals surface area contributed by atoms with Crippen LogP contribution in [0.3, 0.4) is 0 Å². The lowest BCUT2D eigenvalue weighted by Crippen LogP contribution is -2.38. The maximum atomic E-state index is 13.8. The molecule has 0 aliphatic rings. The number of aliphatic imine (C=N–C) groups is 1. The van der Waals surface area contributed by atoms with Gasteiger partial charge in [0.15, 0.2) is 5.96 Å². The number of guanidine groups is 1. The molecule has 0 aliphatic carbocycles. The van der Waals surface area contributed by atoms with E-state index < -0.39 is 0 Å². The van der Waals surface area contributed by atoms with Gasteiger partial charge in [-0.2, -0.15) is 0 Å². The van der Waals surface area contributed by atoms with E-state index in [1.54, 1.807) is 25.4 Å². The van der Waals surface area contributed by atoms with Gasteiger partial charge >= 0.3 is 0 Å². The Bertz CT molecular complexity index is 897. The van der Waals surface area contributed by atoms with Crippen LogP contribution in [0.5, 0.6) is 0 Å². The number of hydrogen-bond acceptors (Lipinski definition) is 3. The molecule has 0 amide bonds. The minimum Gasteiger partial charge on any atom is -0.444 e. The van der Waals surface area contributed by atoms with Gasteiger partial charge in [-0.15, -0.1) is 24.0 Å². The first-order valence-electron chi connectivity index (χ1n) is 8.54. The molecule has 3 aromatic rings. The van der Waals surface area contributed by atoms with Gasteiger partial charge in [-0.1, -0.05) is 35.9 Å². The quantitative estimate of drug-likeness (QED) is 0.285. The summed E-state index contributed by atoms with van der Waals surface area (Å²) in [6.45, 7) is 0.949. The average Bonchev–Trinajstić information content (AvgIpc) is 3.16. The molecule has 0 saturated heterocycles. The second-order valence-electron chi connectivity index (χ2n) is 5.81. The molecule has 1 aromatic heterocycles. The Kier molecular flexibility index (Phi) is 8.72. The molecule has 8 heteroatoms. The fraction of sp³-hybridized carbons (Fsp3) is 0.200. The summed E-state index contributed by atoms with van der Waals surface area (Å²) in [7, 11) is 1.67. The Hall–Kier alpha value is -2.13. The number of nitrogens with zero attached hydrogens (tertiary/aromatic N) is 2. The summed E-state index contributed by atoms with van der Waals surface area (Å²) in [6.07, 6.45) is 2.07. The van der Waals surface area contributed by atoms with E-state index in [2.05, 4.69) is 20.6 Å². The van der Waals surface area contributed by atoms with Gasteiger partial charge < -0.3 is 15.1 Å². The van der Waals surface area contributed by atoms with Crippen molar-refractivity contribution >= 4 is 41.5 Å². The van der Waals surface area contributed by atoms with Crippen LogP contribution in [0.15, 0.2) is 64.2 Å². The van der Waals surface area contributed by atoms with Gasteiger partial charge in [0.1, 0.15) is 12.1 Å². The van der Waals surface area contributed by atoms with E-state index in [0.29, 0.717) is 41.9 Å². The van der Waals surface area contributed by atoms with E-state index in [9.17, 15) is 4.39 Å². The van der Waals surface area contributed by atoms with Crippen LogP contribution in [0.2, 0.25) is 5.02 Å². The second-order valence-corrected chi connectivity index (χ2v) is 6.22. The SMILES string of the molecule is CN=C(NCCc1c(F)cccc1Cl)NCc1coc(-c2ccccc2)n1.I. The molecule has 3 rings (SSSR count). The summed E-state index contributed by atoms with van der Waals surface area (Å²) in [4.78, 5) is 8.61. The lowest BCUT2D eigenvalue weighted by atomic mass is 10.1. The minimum atomic E-state index is -0.303. The monoisotopic (exact) mass is 514 g/mol. The smallest absolute Gasteiger partial charge is 0.226 e. The number of aromatic nitrogens is 1. The topological polar surface area (TPSA) is 62.5 Å². The van der Waals surface area contributed by atoms with Crippen molar-refractivity contribution in [2.24, 2.45) is 4.99 Å². The van der Waals surface area contributed by atoms with Gasteiger partial charge in [0.2, 0.25) is 5.89 Å². The van der Waals surface area contributed by atoms with Crippen LogP contribution < -0.4 is 10.6 Å². The molecule has 2 N–H and O–H groups in total. The Balaban J connectivity index is 0.00000280. The first kappa shape index (κ1) is 22.2. The highest BCUT2D eigenvalue weighted by atomic mass is 127. The number of rotatable bonds is 6. The van der Waals surface area contributed by atoms with Crippen LogP contribution in [0.1, 0.15) is 11.3 Å². The van der Waals surface area contributed by atoms with Crippen LogP contribution in [0, 0.1) is 5.82 Å². The maximum Gasteiger partial charge on any atom is 0.226 e. The van der Waals surface area contributed by atoms with Gasteiger partial charge in [-0.05, 0) is 30.7 Å². The van der Waals surface area contributed by atoms with Crippen molar-refractivity contribution in [1.29, 1.82) is 0 Å². The molecule has 0 fully saturated rings. The van der Waals surface area contributed by atoms with Crippen molar-refractivity contribution in [3.8, 4) is 11.5 Å². The van der Waals surface area contributed by atoms with Crippen LogP contribution in [-0.2, 0) is 13.0 Å². The number of halogens is 3. The van der Waals surface area contributed by atoms with E-state index in [1.165, 1.54) is 6.07 Å². The Morgan fingerprint density at radius 1 is 1.14 bits per heavy atom. The highest BCUT2D eigenvalue weighted by Crippen LogP contribution is 2.19. The number of benzene rings is 2. The van der Waals surface area contributed by atoms with Crippen molar-refractivity contribution in [3.63, 3.8) is 0 Å². The molecule has 0 spiro atoms. The molecule has 0 unspecified atom stereocenters. The zero-order chi connectivity index (χ0) is 19.1. The van der Waals surface area contributed by atoms with Crippen LogP contribution >= 0.6 is 35.6 Å². The van der Waals surface area contributed by atoms with Crippen molar-refractivity contribution < 1.29 is 8.81 Å². The summed E-state index contributed by atoms with van der Waals surface area (Å²) in [5.74, 6) is 0.861. The third kappa shape index (κ3) is 5.93. The summed E-state index contributed by atoms with van der Waals surface area (Å²) in [5, 5.41) is 6.72. The van der Waals surface area contributed by atoms with Gasteiger partial charge in [0.05, 0.1) is 12.2 Å². The number of nitrogens with one attached hydrogen (secondary N) is 2. The van der Waals surface area contributed by atoms with Gasteiger partial charge in [0.25, 0.3) is 0 Å². The number of oxazole rings is 1. The van der Waals surface area contributed by atoms with Crippen molar-refractivity contribution in [2.75, 3.05) is 13.6 Å². The van der Waals surface area contributed by atoms with Crippen LogP contribution in [-0.4, -0.2) is 24.5 Å². The highest BCUT2D eigenvalue weighted by Gasteiger charge is 2.09. The third-order valence-corrected chi connectivity index (χ3v) is 4.32. The van der Waals surface area contributed by atoms with E-state index in [1.807, 2.05) is 30.3 Å². The molecule has 0 bridgehead atoms. The highest BCUT2D eigenvalue weighted by molar-refractivity contribution is 14.0. The summed E-state index contributed by atoms with van der Waals surface area (Å²) in [6, 6.07) is 14.4. The van der Waals surface area contributed by atoms with Crippen molar-refractivity contribution in [3.05, 3.63) is 76.9 Å². The molecule has 2 aromatic carbocycles. The van der Waals surface area contributed by atoms with E-state index in [0.717, 1.165) is 11.3 Å². The fourth-order valence-corrected chi connectivity index (χ4v) is 2.83. The fourth-order valence-electron chi connectivity index (χ4n) is 2.57. The predicted molar refractivity (Wildman–Crippen MR) is 121 cm³/mol.